The van der Waals surface area contributed by atoms with Gasteiger partial charge in [0, 0.05) is 0 Å². The molecule has 0 aromatic heterocycles. The number of hydrogen-bond acceptors (Lipinski definition) is 2. The number of ether oxygens (including phenoxy) is 1. The van der Waals surface area contributed by atoms with Gasteiger partial charge in [0.1, 0.15) is 0 Å². The van der Waals surface area contributed by atoms with Gasteiger partial charge >= 0.3 is 0 Å². The number of nitrogens with one attached hydrogen (secondary N) is 1. The molecule has 0 amide bonds. The predicted molar refractivity (Wildman–Crippen MR) is 71.3 cm³/mol. The lowest BCUT2D eigenvalue weighted by Gasteiger charge is -2.28. The highest BCUT2D eigenvalue weighted by molar-refractivity contribution is 5.30. The van der Waals surface area contributed by atoms with Gasteiger partial charge in [0.15, 0.2) is 0 Å². The van der Waals surface area contributed by atoms with Gasteiger partial charge in [-0.15, -0.1) is 0 Å². The molecule has 2 heteroatoms. The molecule has 0 saturated heterocycles. The summed E-state index contributed by atoms with van der Waals surface area (Å²) in [6, 6.07) is 7.02. The van der Waals surface area contributed by atoms with E-state index in [0.29, 0.717) is 12.1 Å². The van der Waals surface area contributed by atoms with Crippen LogP contribution in [-0.2, 0) is 4.74 Å². The molecule has 1 aliphatic rings. The Labute approximate surface area is 104 Å². The summed E-state index contributed by atoms with van der Waals surface area (Å²) < 4.78 is 5.90. The SMILES string of the molecule is CNC(COC1CCC1)c1cc(C)cc(C)c1. The first-order valence-electron chi connectivity index (χ1n) is 6.56. The molecule has 1 N–H and O–H groups in total. The molecule has 0 radical (unpaired) electrons. The molecular formula is C15H23NO. The molecule has 1 unspecified atom stereocenters. The lowest BCUT2D eigenvalue weighted by atomic mass is 9.96. The van der Waals surface area contributed by atoms with Crippen LogP contribution in [-0.4, -0.2) is 19.8 Å². The molecule has 2 rings (SSSR count). The van der Waals surface area contributed by atoms with Crippen LogP contribution in [0.1, 0.15) is 42.0 Å². The van der Waals surface area contributed by atoms with Gasteiger partial charge in [0.05, 0.1) is 18.8 Å². The van der Waals surface area contributed by atoms with E-state index < -0.39 is 0 Å². The molecule has 1 aromatic rings. The molecule has 1 aliphatic carbocycles. The standard InChI is InChI=1S/C15H23NO/c1-11-7-12(2)9-13(8-11)15(16-3)10-17-14-5-4-6-14/h7-9,14-16H,4-6,10H2,1-3H3. The maximum absolute atomic E-state index is 5.90. The zero-order valence-corrected chi connectivity index (χ0v) is 11.1. The van der Waals surface area contributed by atoms with E-state index in [1.165, 1.54) is 36.0 Å². The van der Waals surface area contributed by atoms with Crippen LogP contribution >= 0.6 is 0 Å². The summed E-state index contributed by atoms with van der Waals surface area (Å²) >= 11 is 0. The minimum atomic E-state index is 0.314. The summed E-state index contributed by atoms with van der Waals surface area (Å²) in [6.45, 7) is 5.08. The molecule has 1 saturated carbocycles. The highest BCUT2D eigenvalue weighted by atomic mass is 16.5. The largest absolute Gasteiger partial charge is 0.376 e. The summed E-state index contributed by atoms with van der Waals surface area (Å²) in [7, 11) is 2.01. The quantitative estimate of drug-likeness (QED) is 0.843. The molecule has 1 fully saturated rings. The lowest BCUT2D eigenvalue weighted by Crippen LogP contribution is -2.28. The van der Waals surface area contributed by atoms with Gasteiger partial charge in [-0.3, -0.25) is 0 Å². The van der Waals surface area contributed by atoms with Crippen molar-refractivity contribution in [3.05, 3.63) is 34.9 Å². The van der Waals surface area contributed by atoms with Crippen LogP contribution in [0.5, 0.6) is 0 Å². The number of rotatable bonds is 5. The average molecular weight is 233 g/mol. The van der Waals surface area contributed by atoms with Crippen molar-refractivity contribution in [1.82, 2.24) is 5.32 Å². The summed E-state index contributed by atoms with van der Waals surface area (Å²) in [5, 5.41) is 3.35. The smallest absolute Gasteiger partial charge is 0.0665 e. The zero-order valence-electron chi connectivity index (χ0n) is 11.1. The summed E-state index contributed by atoms with van der Waals surface area (Å²) in [5.41, 5.74) is 3.98. The Morgan fingerprint density at radius 1 is 1.24 bits per heavy atom. The van der Waals surface area contributed by atoms with Crippen LogP contribution in [0.2, 0.25) is 0 Å². The maximum Gasteiger partial charge on any atom is 0.0665 e. The maximum atomic E-state index is 5.90. The van der Waals surface area contributed by atoms with Crippen LogP contribution in [0.3, 0.4) is 0 Å². The second kappa shape index (κ2) is 5.65. The number of likely N-dealkylation sites (N-methyl/N-ethyl adjacent to an activating group) is 1. The van der Waals surface area contributed by atoms with Crippen molar-refractivity contribution in [1.29, 1.82) is 0 Å². The first-order chi connectivity index (χ1) is 8.19. The normalized spacial score (nSPS) is 17.8. The van der Waals surface area contributed by atoms with E-state index in [-0.39, 0.29) is 0 Å². The fourth-order valence-corrected chi connectivity index (χ4v) is 2.33. The molecule has 17 heavy (non-hydrogen) atoms. The van der Waals surface area contributed by atoms with E-state index in [1.54, 1.807) is 0 Å². The minimum absolute atomic E-state index is 0.314. The monoisotopic (exact) mass is 233 g/mol. The Morgan fingerprint density at radius 3 is 2.35 bits per heavy atom. The van der Waals surface area contributed by atoms with Gasteiger partial charge in [-0.25, -0.2) is 0 Å². The van der Waals surface area contributed by atoms with Crippen LogP contribution in [0.15, 0.2) is 18.2 Å². The molecule has 0 bridgehead atoms. The van der Waals surface area contributed by atoms with Gasteiger partial charge in [0.2, 0.25) is 0 Å². The molecule has 0 heterocycles. The number of hydrogen-bond donors (Lipinski definition) is 1. The van der Waals surface area contributed by atoms with Gasteiger partial charge in [-0.1, -0.05) is 29.3 Å². The number of benzene rings is 1. The summed E-state index contributed by atoms with van der Waals surface area (Å²) in [6.07, 6.45) is 4.32. The van der Waals surface area contributed by atoms with Crippen LogP contribution in [0, 0.1) is 13.8 Å². The predicted octanol–water partition coefficient (Wildman–Crippen LogP) is 3.13. The van der Waals surface area contributed by atoms with E-state index in [0.717, 1.165) is 6.61 Å². The van der Waals surface area contributed by atoms with E-state index >= 15 is 0 Å². The minimum Gasteiger partial charge on any atom is -0.376 e. The zero-order chi connectivity index (χ0) is 12.3. The van der Waals surface area contributed by atoms with Crippen molar-refractivity contribution in [2.24, 2.45) is 0 Å². The highest BCUT2D eigenvalue weighted by Gasteiger charge is 2.20. The fraction of sp³-hybridized carbons (Fsp3) is 0.600. The molecular weight excluding hydrogens is 210 g/mol. The van der Waals surface area contributed by atoms with E-state index in [4.69, 9.17) is 4.74 Å². The third-order valence-corrected chi connectivity index (χ3v) is 3.55. The highest BCUT2D eigenvalue weighted by Crippen LogP contribution is 2.24. The van der Waals surface area contributed by atoms with Gasteiger partial charge in [0.25, 0.3) is 0 Å². The third kappa shape index (κ3) is 3.30. The Bertz CT molecular complexity index is 351. The van der Waals surface area contributed by atoms with Crippen molar-refractivity contribution in [2.75, 3.05) is 13.7 Å². The van der Waals surface area contributed by atoms with Crippen LogP contribution in [0.25, 0.3) is 0 Å². The van der Waals surface area contributed by atoms with E-state index in [2.05, 4.69) is 37.4 Å². The third-order valence-electron chi connectivity index (χ3n) is 3.55. The molecule has 94 valence electrons. The average Bonchev–Trinajstić information content (AvgIpc) is 2.20. The number of aryl methyl sites for hydroxylation is 2. The van der Waals surface area contributed by atoms with Crippen LogP contribution in [0.4, 0.5) is 0 Å². The van der Waals surface area contributed by atoms with Crippen LogP contribution < -0.4 is 5.32 Å². The summed E-state index contributed by atoms with van der Waals surface area (Å²) in [5.74, 6) is 0. The fourth-order valence-electron chi connectivity index (χ4n) is 2.33. The first kappa shape index (κ1) is 12.6. The molecule has 2 nitrogen and oxygen atoms in total. The Kier molecular flexibility index (Phi) is 4.19. The Morgan fingerprint density at radius 2 is 1.88 bits per heavy atom. The van der Waals surface area contributed by atoms with Crippen molar-refractivity contribution >= 4 is 0 Å². The summed E-state index contributed by atoms with van der Waals surface area (Å²) in [4.78, 5) is 0. The van der Waals surface area contributed by atoms with Gasteiger partial charge in [-0.05, 0) is 45.7 Å². The van der Waals surface area contributed by atoms with Crippen molar-refractivity contribution in [3.8, 4) is 0 Å². The molecule has 1 aromatic carbocycles. The lowest BCUT2D eigenvalue weighted by molar-refractivity contribution is -0.00794. The van der Waals surface area contributed by atoms with Crippen molar-refractivity contribution in [2.45, 2.75) is 45.3 Å². The molecule has 0 spiro atoms. The molecule has 0 aliphatic heterocycles. The Balaban J connectivity index is 1.99. The van der Waals surface area contributed by atoms with Gasteiger partial charge in [-0.2, -0.15) is 0 Å². The first-order valence-corrected chi connectivity index (χ1v) is 6.56. The van der Waals surface area contributed by atoms with Gasteiger partial charge < -0.3 is 10.1 Å². The molecule has 1 atom stereocenters. The second-order valence-electron chi connectivity index (χ2n) is 5.15. The van der Waals surface area contributed by atoms with E-state index in [9.17, 15) is 0 Å². The second-order valence-corrected chi connectivity index (χ2v) is 5.15. The Hall–Kier alpha value is -0.860. The van der Waals surface area contributed by atoms with Crippen molar-refractivity contribution < 1.29 is 4.74 Å². The van der Waals surface area contributed by atoms with E-state index in [1.807, 2.05) is 7.05 Å². The topological polar surface area (TPSA) is 21.3 Å². The van der Waals surface area contributed by atoms with Crippen molar-refractivity contribution in [3.63, 3.8) is 0 Å².